The first-order chi connectivity index (χ1) is 6.86. The maximum Gasteiger partial charge on any atom is 0.0795 e. The Balaban J connectivity index is 2.29. The molecule has 76 valence electrons. The summed E-state index contributed by atoms with van der Waals surface area (Å²) in [5.74, 6) is 5.75. The second-order valence-electron chi connectivity index (χ2n) is 2.87. The summed E-state index contributed by atoms with van der Waals surface area (Å²) in [5, 5.41) is 14.2. The van der Waals surface area contributed by atoms with Crippen LogP contribution in [0.1, 0.15) is 19.0 Å². The monoisotopic (exact) mass is 210 g/mol. The number of nitrogens with zero attached hydrogens (tertiary/aromatic N) is 1. The molecule has 0 aliphatic rings. The highest BCUT2D eigenvalue weighted by Crippen LogP contribution is 2.01. The molecule has 1 rings (SSSR count). The summed E-state index contributed by atoms with van der Waals surface area (Å²) < 4.78 is 0. The molecule has 0 fully saturated rings. The van der Waals surface area contributed by atoms with Crippen LogP contribution in [-0.4, -0.2) is 22.7 Å². The number of aromatic nitrogens is 1. The number of hydrogen-bond acceptors (Lipinski definition) is 4. The van der Waals surface area contributed by atoms with Crippen molar-refractivity contribution >= 4 is 11.3 Å². The summed E-state index contributed by atoms with van der Waals surface area (Å²) in [7, 11) is 0. The Hall–Kier alpha value is -0.890. The van der Waals surface area contributed by atoms with Gasteiger partial charge in [-0.1, -0.05) is 0 Å². The highest BCUT2D eigenvalue weighted by atomic mass is 32.1. The van der Waals surface area contributed by atoms with Gasteiger partial charge in [-0.05, 0) is 6.92 Å². The van der Waals surface area contributed by atoms with Crippen LogP contribution < -0.4 is 5.32 Å². The van der Waals surface area contributed by atoms with E-state index in [1.54, 1.807) is 23.8 Å². The molecule has 0 saturated heterocycles. The molecule has 1 aromatic heterocycles. The Kier molecular flexibility index (Phi) is 5.23. The van der Waals surface area contributed by atoms with Gasteiger partial charge in [-0.2, -0.15) is 0 Å². The number of aliphatic hydroxyl groups is 1. The third-order valence-electron chi connectivity index (χ3n) is 1.80. The highest BCUT2D eigenvalue weighted by Gasteiger charge is 2.04. The van der Waals surface area contributed by atoms with Gasteiger partial charge in [0.05, 0.1) is 17.8 Å². The third kappa shape index (κ3) is 3.88. The van der Waals surface area contributed by atoms with Crippen molar-refractivity contribution in [1.29, 1.82) is 0 Å². The maximum absolute atomic E-state index is 9.03. The Bertz CT molecular complexity index is 300. The van der Waals surface area contributed by atoms with E-state index in [1.807, 2.05) is 5.38 Å². The molecule has 14 heavy (non-hydrogen) atoms. The van der Waals surface area contributed by atoms with Crippen LogP contribution in [0.2, 0.25) is 0 Å². The van der Waals surface area contributed by atoms with Crippen LogP contribution in [-0.2, 0) is 6.54 Å². The van der Waals surface area contributed by atoms with Crippen molar-refractivity contribution in [3.05, 3.63) is 16.6 Å². The number of thiazole rings is 1. The minimum atomic E-state index is 0.0455. The van der Waals surface area contributed by atoms with Gasteiger partial charge in [-0.3, -0.25) is 0 Å². The molecule has 1 unspecified atom stereocenters. The van der Waals surface area contributed by atoms with E-state index >= 15 is 0 Å². The Labute approximate surface area is 88.2 Å². The van der Waals surface area contributed by atoms with Gasteiger partial charge in [0, 0.05) is 24.4 Å². The van der Waals surface area contributed by atoms with Crippen molar-refractivity contribution in [3.8, 4) is 11.8 Å². The maximum atomic E-state index is 9.03. The molecule has 1 atom stereocenters. The standard InChI is InChI=1S/C10H14N2OS/c1-2-3-4-9(6-13)11-5-10-7-14-8-12-10/h7-9,11,13H,4-6H2,1H3. The average molecular weight is 210 g/mol. The fraction of sp³-hybridized carbons (Fsp3) is 0.500. The fourth-order valence-corrected chi connectivity index (χ4v) is 1.56. The lowest BCUT2D eigenvalue weighted by molar-refractivity contribution is 0.243. The zero-order valence-corrected chi connectivity index (χ0v) is 8.97. The highest BCUT2D eigenvalue weighted by molar-refractivity contribution is 7.07. The minimum Gasteiger partial charge on any atom is -0.395 e. The van der Waals surface area contributed by atoms with Gasteiger partial charge in [-0.25, -0.2) is 4.98 Å². The van der Waals surface area contributed by atoms with Crippen molar-refractivity contribution in [1.82, 2.24) is 10.3 Å². The van der Waals surface area contributed by atoms with E-state index < -0.39 is 0 Å². The second kappa shape index (κ2) is 6.55. The molecule has 0 aliphatic carbocycles. The first-order valence-corrected chi connectivity index (χ1v) is 5.42. The summed E-state index contributed by atoms with van der Waals surface area (Å²) in [6.45, 7) is 2.60. The molecular weight excluding hydrogens is 196 g/mol. The van der Waals surface area contributed by atoms with Crippen LogP contribution in [0.25, 0.3) is 0 Å². The SMILES string of the molecule is CC#CCC(CO)NCc1cscn1. The van der Waals surface area contributed by atoms with E-state index in [4.69, 9.17) is 5.11 Å². The molecule has 0 aromatic carbocycles. The van der Waals surface area contributed by atoms with Crippen LogP contribution in [0, 0.1) is 11.8 Å². The predicted molar refractivity (Wildman–Crippen MR) is 57.9 cm³/mol. The number of aliphatic hydroxyl groups excluding tert-OH is 1. The van der Waals surface area contributed by atoms with E-state index in [2.05, 4.69) is 22.1 Å². The molecule has 0 amide bonds. The zero-order chi connectivity index (χ0) is 10.2. The van der Waals surface area contributed by atoms with Gasteiger partial charge in [0.15, 0.2) is 0 Å². The Morgan fingerprint density at radius 3 is 3.14 bits per heavy atom. The first-order valence-electron chi connectivity index (χ1n) is 4.47. The van der Waals surface area contributed by atoms with E-state index in [1.165, 1.54) is 0 Å². The predicted octanol–water partition coefficient (Wildman–Crippen LogP) is 1.01. The van der Waals surface area contributed by atoms with Gasteiger partial charge >= 0.3 is 0 Å². The van der Waals surface area contributed by atoms with E-state index in [0.717, 1.165) is 5.69 Å². The fourth-order valence-electron chi connectivity index (χ4n) is 1.00. The van der Waals surface area contributed by atoms with Crippen LogP contribution in [0.3, 0.4) is 0 Å². The molecule has 0 radical (unpaired) electrons. The first kappa shape index (κ1) is 11.2. The molecule has 2 N–H and O–H groups in total. The molecule has 1 heterocycles. The molecule has 3 nitrogen and oxygen atoms in total. The normalized spacial score (nSPS) is 11.9. The molecule has 0 spiro atoms. The van der Waals surface area contributed by atoms with E-state index in [9.17, 15) is 0 Å². The summed E-state index contributed by atoms with van der Waals surface area (Å²) in [4.78, 5) is 4.14. The lowest BCUT2D eigenvalue weighted by Crippen LogP contribution is -2.31. The summed E-state index contributed by atoms with van der Waals surface area (Å²) in [5.41, 5.74) is 2.81. The largest absolute Gasteiger partial charge is 0.395 e. The minimum absolute atomic E-state index is 0.0455. The number of rotatable bonds is 5. The molecule has 0 aliphatic heterocycles. The topological polar surface area (TPSA) is 45.1 Å². The summed E-state index contributed by atoms with van der Waals surface area (Å²) in [6, 6.07) is 0.0455. The Morgan fingerprint density at radius 2 is 2.57 bits per heavy atom. The quantitative estimate of drug-likeness (QED) is 0.713. The lowest BCUT2D eigenvalue weighted by Gasteiger charge is -2.11. The van der Waals surface area contributed by atoms with Gasteiger partial charge in [0.1, 0.15) is 0 Å². The van der Waals surface area contributed by atoms with Crippen LogP contribution in [0.15, 0.2) is 10.9 Å². The van der Waals surface area contributed by atoms with Crippen LogP contribution in [0.5, 0.6) is 0 Å². The van der Waals surface area contributed by atoms with Crippen LogP contribution >= 0.6 is 11.3 Å². The van der Waals surface area contributed by atoms with E-state index in [0.29, 0.717) is 13.0 Å². The van der Waals surface area contributed by atoms with Crippen molar-refractivity contribution in [2.45, 2.75) is 25.9 Å². The molecular formula is C10H14N2OS. The van der Waals surface area contributed by atoms with Gasteiger partial charge < -0.3 is 10.4 Å². The van der Waals surface area contributed by atoms with Crippen molar-refractivity contribution in [2.75, 3.05) is 6.61 Å². The van der Waals surface area contributed by atoms with Crippen molar-refractivity contribution in [2.24, 2.45) is 0 Å². The number of hydrogen-bond donors (Lipinski definition) is 2. The van der Waals surface area contributed by atoms with Crippen molar-refractivity contribution < 1.29 is 5.11 Å². The van der Waals surface area contributed by atoms with Gasteiger partial charge in [0.2, 0.25) is 0 Å². The summed E-state index contributed by atoms with van der Waals surface area (Å²) >= 11 is 1.58. The summed E-state index contributed by atoms with van der Waals surface area (Å²) in [6.07, 6.45) is 0.678. The molecule has 0 bridgehead atoms. The van der Waals surface area contributed by atoms with Crippen molar-refractivity contribution in [3.63, 3.8) is 0 Å². The molecule has 1 aromatic rings. The zero-order valence-electron chi connectivity index (χ0n) is 8.16. The second-order valence-corrected chi connectivity index (χ2v) is 3.59. The lowest BCUT2D eigenvalue weighted by atomic mass is 10.2. The van der Waals surface area contributed by atoms with Crippen LogP contribution in [0.4, 0.5) is 0 Å². The van der Waals surface area contributed by atoms with Gasteiger partial charge in [0.25, 0.3) is 0 Å². The Morgan fingerprint density at radius 1 is 1.71 bits per heavy atom. The number of nitrogens with one attached hydrogen (secondary N) is 1. The molecule has 0 saturated carbocycles. The van der Waals surface area contributed by atoms with E-state index in [-0.39, 0.29) is 12.6 Å². The average Bonchev–Trinajstić information content (AvgIpc) is 2.71. The molecule has 4 heteroatoms. The third-order valence-corrected chi connectivity index (χ3v) is 2.44. The van der Waals surface area contributed by atoms with Gasteiger partial charge in [-0.15, -0.1) is 23.2 Å². The smallest absolute Gasteiger partial charge is 0.0795 e.